The molecule has 0 spiro atoms. The van der Waals surface area contributed by atoms with Gasteiger partial charge in [-0.3, -0.25) is 0 Å². The fourth-order valence-corrected chi connectivity index (χ4v) is 19.9. The molecule has 25 aromatic rings. The van der Waals surface area contributed by atoms with Crippen molar-refractivity contribution in [1.29, 1.82) is 0 Å². The van der Waals surface area contributed by atoms with Gasteiger partial charge in [-0.2, -0.15) is 0 Å². The number of para-hydroxylation sites is 6. The lowest BCUT2D eigenvalue weighted by Gasteiger charge is -2.14. The van der Waals surface area contributed by atoms with Crippen LogP contribution in [0.4, 0.5) is 0 Å². The Balaban J connectivity index is 0.000000137. The second-order valence-corrected chi connectivity index (χ2v) is 32.7. The van der Waals surface area contributed by atoms with Crippen LogP contribution in [0.25, 0.3) is 252 Å². The van der Waals surface area contributed by atoms with Gasteiger partial charge in [0.2, 0.25) is 0 Å². The molecule has 0 amide bonds. The number of aromatic nitrogens is 4. The molecule has 0 aliphatic heterocycles. The third kappa shape index (κ3) is 11.9. The van der Waals surface area contributed by atoms with Crippen molar-refractivity contribution in [3.63, 3.8) is 0 Å². The molecule has 8 heterocycles. The van der Waals surface area contributed by atoms with Crippen LogP contribution in [0, 0.1) is 0 Å². The van der Waals surface area contributed by atoms with Crippen molar-refractivity contribution in [2.75, 3.05) is 0 Å². The minimum atomic E-state index is 0.627. The van der Waals surface area contributed by atoms with E-state index in [4.69, 9.17) is 37.6 Å². The molecule has 0 fully saturated rings. The first-order valence-corrected chi connectivity index (χ1v) is 41.8. The van der Waals surface area contributed by atoms with Gasteiger partial charge in [-0.1, -0.05) is 267 Å². The van der Waals surface area contributed by atoms with Crippen molar-refractivity contribution in [3.8, 4) is 123 Å². The lowest BCUT2D eigenvalue weighted by Crippen LogP contribution is -1.97. The quantitative estimate of drug-likeness (QED) is 0.126. The first-order valence-electron chi connectivity index (χ1n) is 40.2. The van der Waals surface area contributed by atoms with E-state index >= 15 is 0 Å². The fourth-order valence-electron chi connectivity index (χ4n) is 17.6. The van der Waals surface area contributed by atoms with E-state index in [1.807, 2.05) is 83.3 Å². The molecule has 17 aromatic carbocycles. The van der Waals surface area contributed by atoms with Crippen LogP contribution < -0.4 is 0 Å². The number of furan rings is 4. The number of hydrogen-bond donors (Lipinski definition) is 0. The summed E-state index contributed by atoms with van der Waals surface area (Å²) in [5, 5.41) is 13.8. The van der Waals surface area contributed by atoms with Gasteiger partial charge in [-0.25, -0.2) is 19.9 Å². The largest absolute Gasteiger partial charge is 0.456 e. The molecule has 8 aromatic heterocycles. The Hall–Kier alpha value is -15.5. The van der Waals surface area contributed by atoms with Gasteiger partial charge in [0.1, 0.15) is 44.7 Å². The number of hydrogen-bond acceptors (Lipinski definition) is 10. The van der Waals surface area contributed by atoms with E-state index in [0.717, 1.165) is 188 Å². The minimum Gasteiger partial charge on any atom is -0.456 e. The van der Waals surface area contributed by atoms with Crippen molar-refractivity contribution >= 4 is 151 Å². The predicted molar refractivity (Wildman–Crippen MR) is 499 cm³/mol. The predicted octanol–water partition coefficient (Wildman–Crippen LogP) is 31.6. The SMILES string of the molecule is c1ccc(-c2cc(-c3ccc(-c4cccc5c4sc4ccccc45)cc3)nc(-c3cc(-c4cccc5c4oc4ccccc45)cc(-c4cccc5c4oc4ccccc45)c3)n2)cc1.c1ccc(-c2cc(-c3ccc4sc5ccccc5c4c3)nc(-c3cc(-c4ccc5oc6ccccc6c5c4)cc(-c4ccc5oc6ccccc6c5c4)c3)n2)cc1. The topological polar surface area (TPSA) is 104 Å². The van der Waals surface area contributed by atoms with E-state index < -0.39 is 0 Å². The van der Waals surface area contributed by atoms with Crippen LogP contribution >= 0.6 is 22.7 Å². The summed E-state index contributed by atoms with van der Waals surface area (Å²) in [7, 11) is 0. The molecule has 0 unspecified atom stereocenters. The van der Waals surface area contributed by atoms with Crippen molar-refractivity contribution in [2.45, 2.75) is 0 Å². The molecule has 120 heavy (non-hydrogen) atoms. The Morgan fingerprint density at radius 1 is 0.167 bits per heavy atom. The Morgan fingerprint density at radius 2 is 0.500 bits per heavy atom. The van der Waals surface area contributed by atoms with Gasteiger partial charge < -0.3 is 17.7 Å². The molecule has 0 radical (unpaired) electrons. The Bertz CT molecular complexity index is 8170. The summed E-state index contributed by atoms with van der Waals surface area (Å²) in [4.78, 5) is 21.4. The third-order valence-electron chi connectivity index (χ3n) is 23.4. The van der Waals surface area contributed by atoms with Crippen molar-refractivity contribution < 1.29 is 17.7 Å². The highest BCUT2D eigenvalue weighted by atomic mass is 32.1. The molecule has 0 aliphatic carbocycles. The number of benzene rings is 17. The van der Waals surface area contributed by atoms with E-state index in [1.54, 1.807) is 0 Å². The van der Waals surface area contributed by atoms with Crippen LogP contribution in [0.2, 0.25) is 0 Å². The first kappa shape index (κ1) is 68.9. The monoisotopic (exact) mass is 1570 g/mol. The molecule has 0 N–H and O–H groups in total. The molecule has 25 rings (SSSR count). The van der Waals surface area contributed by atoms with E-state index in [2.05, 4.69) is 328 Å². The van der Waals surface area contributed by atoms with Gasteiger partial charge in [0.15, 0.2) is 11.6 Å². The molecule has 0 atom stereocenters. The fraction of sp³-hybridized carbons (Fsp3) is 0. The standard InChI is InChI=1S/C58H34N2O2S.C52H30N2O2S/c1-2-13-36(14-3-1)50-34-51(37-29-27-35(28-30-37)43-20-12-23-49-46-17-6-9-26-54(46)63-57(43)49)60-58(59-50)40-32-38(41-18-10-21-47-44-15-4-7-24-52(44)61-55(41)47)31-39(33-40)42-19-11-22-48-45-16-5-8-25-53(45)62-56(42)48;1-2-10-31(11-3-1)44-30-45(34-20-23-51-43(29-34)40-14-6-9-17-50(40)57-51)54-52(53-44)37-25-35(32-18-21-48-41(27-32)38-12-4-7-15-46(38)55-48)24-36(26-37)33-19-22-49-42(28-33)39-13-5-8-16-47(39)56-49/h1-34H;1-30H. The number of rotatable bonds is 11. The average molecular weight is 1570 g/mol. The van der Waals surface area contributed by atoms with Gasteiger partial charge in [0.25, 0.3) is 0 Å². The van der Waals surface area contributed by atoms with Gasteiger partial charge >= 0.3 is 0 Å². The summed E-state index contributed by atoms with van der Waals surface area (Å²) in [5.41, 5.74) is 27.0. The number of nitrogens with zero attached hydrogens (tertiary/aromatic N) is 4. The van der Waals surface area contributed by atoms with Crippen LogP contribution in [0.5, 0.6) is 0 Å². The van der Waals surface area contributed by atoms with Gasteiger partial charge in [0.05, 0.1) is 22.8 Å². The highest BCUT2D eigenvalue weighted by molar-refractivity contribution is 7.26. The Morgan fingerprint density at radius 3 is 1.02 bits per heavy atom. The van der Waals surface area contributed by atoms with E-state index in [-0.39, 0.29) is 0 Å². The molecular formula is C110H64N4O4S2. The zero-order chi connectivity index (χ0) is 78.9. The van der Waals surface area contributed by atoms with Crippen molar-refractivity contribution in [2.24, 2.45) is 0 Å². The molecule has 0 saturated carbocycles. The van der Waals surface area contributed by atoms with Crippen LogP contribution in [0.3, 0.4) is 0 Å². The Labute approximate surface area is 695 Å². The summed E-state index contributed by atoms with van der Waals surface area (Å²) in [5.74, 6) is 1.29. The van der Waals surface area contributed by atoms with Crippen LogP contribution in [0.1, 0.15) is 0 Å². The molecule has 10 heteroatoms. The van der Waals surface area contributed by atoms with Crippen molar-refractivity contribution in [1.82, 2.24) is 19.9 Å². The summed E-state index contributed by atoms with van der Waals surface area (Å²) in [6.45, 7) is 0. The lowest BCUT2D eigenvalue weighted by molar-refractivity contribution is 0.668. The Kier molecular flexibility index (Phi) is 16.2. The zero-order valence-corrected chi connectivity index (χ0v) is 65.8. The third-order valence-corrected chi connectivity index (χ3v) is 25.8. The maximum absolute atomic E-state index is 6.62. The normalized spacial score (nSPS) is 11.8. The van der Waals surface area contributed by atoms with Gasteiger partial charge in [0, 0.05) is 128 Å². The highest BCUT2D eigenvalue weighted by Gasteiger charge is 2.23. The second kappa shape index (κ2) is 28.2. The smallest absolute Gasteiger partial charge is 0.160 e. The molecule has 8 nitrogen and oxygen atoms in total. The maximum atomic E-state index is 6.62. The minimum absolute atomic E-state index is 0.627. The van der Waals surface area contributed by atoms with Crippen LogP contribution in [-0.4, -0.2) is 19.9 Å². The number of thiophene rings is 2. The lowest BCUT2D eigenvalue weighted by atomic mass is 9.93. The van der Waals surface area contributed by atoms with Crippen molar-refractivity contribution in [3.05, 3.63) is 388 Å². The average Bonchev–Trinajstić information content (AvgIpc) is 1.75. The first-order chi connectivity index (χ1) is 59.4. The van der Waals surface area contributed by atoms with E-state index in [1.165, 1.54) is 51.5 Å². The molecular weight excluding hydrogens is 1510 g/mol. The van der Waals surface area contributed by atoms with Gasteiger partial charge in [-0.15, -0.1) is 22.7 Å². The van der Waals surface area contributed by atoms with Gasteiger partial charge in [-0.05, 0) is 166 Å². The molecule has 0 bridgehead atoms. The summed E-state index contributed by atoms with van der Waals surface area (Å²) in [6, 6.07) is 136. The summed E-state index contributed by atoms with van der Waals surface area (Å²) >= 11 is 3.68. The molecule has 0 aliphatic rings. The molecule has 560 valence electrons. The second-order valence-electron chi connectivity index (χ2n) is 30.6. The number of fused-ring (bicyclic) bond motifs is 18. The maximum Gasteiger partial charge on any atom is 0.160 e. The van der Waals surface area contributed by atoms with Crippen LogP contribution in [-0.2, 0) is 0 Å². The zero-order valence-electron chi connectivity index (χ0n) is 64.2. The molecule has 0 saturated heterocycles. The highest BCUT2D eigenvalue weighted by Crippen LogP contribution is 2.47. The summed E-state index contributed by atoms with van der Waals surface area (Å²) < 4.78 is 30.8. The summed E-state index contributed by atoms with van der Waals surface area (Å²) in [6.07, 6.45) is 0. The van der Waals surface area contributed by atoms with E-state index in [9.17, 15) is 0 Å². The van der Waals surface area contributed by atoms with Crippen LogP contribution in [0.15, 0.2) is 406 Å². The van der Waals surface area contributed by atoms with E-state index in [0.29, 0.717) is 11.6 Å².